The number of anilines is 2. The van der Waals surface area contributed by atoms with Crippen LogP contribution in [0.1, 0.15) is 54.4 Å². The third-order valence-corrected chi connectivity index (χ3v) is 5.67. The number of hydrogen-bond donors (Lipinski definition) is 2. The van der Waals surface area contributed by atoms with E-state index in [-0.39, 0.29) is 18.0 Å². The Labute approximate surface area is 166 Å². The Kier molecular flexibility index (Phi) is 5.60. The largest absolute Gasteiger partial charge is 0.335 e. The predicted molar refractivity (Wildman–Crippen MR) is 112 cm³/mol. The van der Waals surface area contributed by atoms with Crippen molar-refractivity contribution in [2.45, 2.75) is 51.0 Å². The van der Waals surface area contributed by atoms with Crippen LogP contribution >= 0.6 is 0 Å². The first-order valence-electron chi connectivity index (χ1n) is 10.3. The first-order valence-corrected chi connectivity index (χ1v) is 10.3. The van der Waals surface area contributed by atoms with Crippen LogP contribution in [0.5, 0.6) is 0 Å². The lowest BCUT2D eigenvalue weighted by molar-refractivity contribution is 0.0985. The highest BCUT2D eigenvalue weighted by Gasteiger charge is 2.24. The summed E-state index contributed by atoms with van der Waals surface area (Å²) in [7, 11) is 0. The fourth-order valence-electron chi connectivity index (χ4n) is 4.20. The van der Waals surface area contributed by atoms with Gasteiger partial charge in [-0.1, -0.05) is 43.5 Å². The van der Waals surface area contributed by atoms with Crippen LogP contribution in [-0.4, -0.2) is 24.5 Å². The molecular formula is C23H27N3O2. The minimum absolute atomic E-state index is 0.00496. The number of nitrogens with one attached hydrogen (secondary N) is 2. The van der Waals surface area contributed by atoms with Crippen LogP contribution < -0.4 is 15.5 Å². The molecule has 0 unspecified atom stereocenters. The van der Waals surface area contributed by atoms with E-state index in [1.165, 1.54) is 19.3 Å². The molecule has 2 N–H and O–H groups in total. The molecule has 0 spiro atoms. The molecule has 0 aromatic heterocycles. The van der Waals surface area contributed by atoms with Gasteiger partial charge in [0.1, 0.15) is 0 Å². The lowest BCUT2D eigenvalue weighted by Crippen LogP contribution is -2.39. The number of urea groups is 1. The number of benzene rings is 2. The van der Waals surface area contributed by atoms with Gasteiger partial charge in [0, 0.05) is 29.5 Å². The fraction of sp³-hybridized carbons (Fsp3) is 0.391. The molecule has 1 heterocycles. The van der Waals surface area contributed by atoms with Crippen LogP contribution in [0.15, 0.2) is 48.5 Å². The maximum Gasteiger partial charge on any atom is 0.319 e. The predicted octanol–water partition coefficient (Wildman–Crippen LogP) is 4.73. The lowest BCUT2D eigenvalue weighted by atomic mass is 9.96. The first-order chi connectivity index (χ1) is 13.7. The van der Waals surface area contributed by atoms with E-state index in [0.717, 1.165) is 42.6 Å². The van der Waals surface area contributed by atoms with Gasteiger partial charge in [-0.25, -0.2) is 4.79 Å². The Morgan fingerprint density at radius 3 is 2.50 bits per heavy atom. The van der Waals surface area contributed by atoms with Gasteiger partial charge in [0.15, 0.2) is 0 Å². The van der Waals surface area contributed by atoms with Gasteiger partial charge in [0.2, 0.25) is 0 Å². The van der Waals surface area contributed by atoms with E-state index in [1.807, 2.05) is 53.4 Å². The molecule has 0 bridgehead atoms. The highest BCUT2D eigenvalue weighted by atomic mass is 16.2. The fourth-order valence-corrected chi connectivity index (χ4v) is 4.20. The van der Waals surface area contributed by atoms with Crippen molar-refractivity contribution in [2.75, 3.05) is 16.8 Å². The maximum atomic E-state index is 13.0. The second kappa shape index (κ2) is 8.46. The van der Waals surface area contributed by atoms with Crippen LogP contribution in [0, 0.1) is 0 Å². The summed E-state index contributed by atoms with van der Waals surface area (Å²) in [5.41, 5.74) is 3.45. The van der Waals surface area contributed by atoms with E-state index in [1.54, 1.807) is 0 Å². The van der Waals surface area contributed by atoms with Crippen molar-refractivity contribution in [3.63, 3.8) is 0 Å². The molecule has 2 aromatic carbocycles. The van der Waals surface area contributed by atoms with Crippen LogP contribution in [0.3, 0.4) is 0 Å². The van der Waals surface area contributed by atoms with Crippen molar-refractivity contribution in [2.24, 2.45) is 0 Å². The highest BCUT2D eigenvalue weighted by Crippen LogP contribution is 2.31. The number of nitrogens with zero attached hydrogens (tertiary/aromatic N) is 1. The zero-order valence-electron chi connectivity index (χ0n) is 16.1. The topological polar surface area (TPSA) is 61.4 Å². The summed E-state index contributed by atoms with van der Waals surface area (Å²) >= 11 is 0. The Bertz CT molecular complexity index is 844. The summed E-state index contributed by atoms with van der Waals surface area (Å²) < 4.78 is 0. The van der Waals surface area contributed by atoms with E-state index >= 15 is 0 Å². The standard InChI is InChI=1S/C23H27N3O2/c27-22(18-8-3-1-4-9-18)26-15-7-10-17-13-14-20(16-21(17)26)25-23(28)24-19-11-5-2-6-12-19/h1,3-4,8-9,13-14,16,19H,2,5-7,10-12,15H2,(H2,24,25,28). The summed E-state index contributed by atoms with van der Waals surface area (Å²) in [6.07, 6.45) is 7.62. The number of fused-ring (bicyclic) bond motifs is 1. The lowest BCUT2D eigenvalue weighted by Gasteiger charge is -2.30. The van der Waals surface area contributed by atoms with E-state index < -0.39 is 0 Å². The second-order valence-electron chi connectivity index (χ2n) is 7.70. The monoisotopic (exact) mass is 377 g/mol. The Morgan fingerprint density at radius 1 is 0.929 bits per heavy atom. The molecule has 5 nitrogen and oxygen atoms in total. The first kappa shape index (κ1) is 18.5. The van der Waals surface area contributed by atoms with Crippen molar-refractivity contribution in [3.05, 3.63) is 59.7 Å². The molecule has 28 heavy (non-hydrogen) atoms. The van der Waals surface area contributed by atoms with Crippen LogP contribution in [0.2, 0.25) is 0 Å². The van der Waals surface area contributed by atoms with E-state index in [2.05, 4.69) is 10.6 Å². The Balaban J connectivity index is 1.49. The number of carbonyl (C=O) groups is 2. The highest BCUT2D eigenvalue weighted by molar-refractivity contribution is 6.07. The third-order valence-electron chi connectivity index (χ3n) is 5.67. The molecule has 1 fully saturated rings. The number of amides is 3. The molecule has 146 valence electrons. The molecule has 2 aliphatic rings. The summed E-state index contributed by atoms with van der Waals surface area (Å²) in [5.74, 6) is 0.00496. The quantitative estimate of drug-likeness (QED) is 0.812. The molecule has 0 saturated heterocycles. The van der Waals surface area contributed by atoms with Gasteiger partial charge < -0.3 is 15.5 Å². The van der Waals surface area contributed by atoms with Gasteiger partial charge >= 0.3 is 6.03 Å². The van der Waals surface area contributed by atoms with Crippen molar-refractivity contribution in [1.29, 1.82) is 0 Å². The molecule has 1 aliphatic heterocycles. The third kappa shape index (κ3) is 4.19. The Morgan fingerprint density at radius 2 is 1.71 bits per heavy atom. The van der Waals surface area contributed by atoms with E-state index in [9.17, 15) is 9.59 Å². The number of rotatable bonds is 3. The van der Waals surface area contributed by atoms with Crippen molar-refractivity contribution >= 4 is 23.3 Å². The van der Waals surface area contributed by atoms with Crippen LogP contribution in [0.4, 0.5) is 16.2 Å². The van der Waals surface area contributed by atoms with Gasteiger partial charge in [-0.3, -0.25) is 4.79 Å². The summed E-state index contributed by atoms with van der Waals surface area (Å²) in [5, 5.41) is 6.03. The zero-order valence-corrected chi connectivity index (χ0v) is 16.1. The summed E-state index contributed by atoms with van der Waals surface area (Å²) in [6, 6.07) is 15.3. The maximum absolute atomic E-state index is 13.0. The van der Waals surface area contributed by atoms with Gasteiger partial charge in [0.25, 0.3) is 5.91 Å². The SMILES string of the molecule is O=C(Nc1ccc2c(c1)N(C(=O)c1ccccc1)CCC2)NC1CCCCC1. The Hall–Kier alpha value is -2.82. The van der Waals surface area contributed by atoms with Gasteiger partial charge in [-0.15, -0.1) is 0 Å². The summed E-state index contributed by atoms with van der Waals surface area (Å²) in [4.78, 5) is 27.2. The molecule has 1 aliphatic carbocycles. The summed E-state index contributed by atoms with van der Waals surface area (Å²) in [6.45, 7) is 0.693. The number of hydrogen-bond acceptors (Lipinski definition) is 2. The average Bonchev–Trinajstić information content (AvgIpc) is 2.74. The molecule has 1 saturated carbocycles. The molecule has 2 aromatic rings. The molecular weight excluding hydrogens is 350 g/mol. The van der Waals surface area contributed by atoms with Crippen LogP contribution in [0.25, 0.3) is 0 Å². The molecule has 0 atom stereocenters. The van der Waals surface area contributed by atoms with Crippen molar-refractivity contribution < 1.29 is 9.59 Å². The number of carbonyl (C=O) groups excluding carboxylic acids is 2. The molecule has 5 heteroatoms. The average molecular weight is 377 g/mol. The minimum Gasteiger partial charge on any atom is -0.335 e. The van der Waals surface area contributed by atoms with Gasteiger partial charge in [-0.05, 0) is 55.5 Å². The smallest absolute Gasteiger partial charge is 0.319 e. The van der Waals surface area contributed by atoms with Gasteiger partial charge in [0.05, 0.1) is 0 Å². The van der Waals surface area contributed by atoms with Crippen LogP contribution in [-0.2, 0) is 6.42 Å². The van der Waals surface area contributed by atoms with Crippen molar-refractivity contribution in [3.8, 4) is 0 Å². The molecule has 0 radical (unpaired) electrons. The normalized spacial score (nSPS) is 16.9. The van der Waals surface area contributed by atoms with Gasteiger partial charge in [-0.2, -0.15) is 0 Å². The van der Waals surface area contributed by atoms with E-state index in [4.69, 9.17) is 0 Å². The molecule has 3 amide bonds. The zero-order chi connectivity index (χ0) is 19.3. The number of aryl methyl sites for hydroxylation is 1. The van der Waals surface area contributed by atoms with Crippen molar-refractivity contribution in [1.82, 2.24) is 5.32 Å². The minimum atomic E-state index is -0.163. The molecule has 4 rings (SSSR count). The van der Waals surface area contributed by atoms with E-state index in [0.29, 0.717) is 12.1 Å². The second-order valence-corrected chi connectivity index (χ2v) is 7.70.